The lowest BCUT2D eigenvalue weighted by Gasteiger charge is -2.08. The fourth-order valence-corrected chi connectivity index (χ4v) is 1.41. The molecule has 0 aromatic rings. The Morgan fingerprint density at radius 1 is 1.60 bits per heavy atom. The van der Waals surface area contributed by atoms with E-state index in [9.17, 15) is 0 Å². The minimum atomic E-state index is 0.620. The van der Waals surface area contributed by atoms with Crippen LogP contribution in [0.2, 0.25) is 0 Å². The third-order valence-corrected chi connectivity index (χ3v) is 1.97. The summed E-state index contributed by atoms with van der Waals surface area (Å²) in [6.45, 7) is 7.21. The number of nitrogens with one attached hydrogen (secondary N) is 1. The van der Waals surface area contributed by atoms with Gasteiger partial charge in [0.2, 0.25) is 0 Å². The van der Waals surface area contributed by atoms with E-state index in [4.69, 9.17) is 4.74 Å². The number of hydrogen-bond donors (Lipinski definition) is 1. The Morgan fingerprint density at radius 3 is 2.90 bits per heavy atom. The van der Waals surface area contributed by atoms with Crippen LogP contribution in [0.3, 0.4) is 0 Å². The maximum Gasteiger partial charge on any atom is 0.0619 e. The molecule has 1 aliphatic heterocycles. The highest BCUT2D eigenvalue weighted by Crippen LogP contribution is 2.12. The highest BCUT2D eigenvalue weighted by molar-refractivity contribution is 4.78. The molecule has 2 atom stereocenters. The Morgan fingerprint density at radius 2 is 2.40 bits per heavy atom. The van der Waals surface area contributed by atoms with Crippen LogP contribution in [0.25, 0.3) is 0 Å². The predicted octanol–water partition coefficient (Wildman–Crippen LogP) is 1.02. The molecular weight excluding hydrogens is 126 g/mol. The molecule has 2 unspecified atom stereocenters. The molecule has 1 rings (SSSR count). The van der Waals surface area contributed by atoms with Gasteiger partial charge in [-0.25, -0.2) is 0 Å². The van der Waals surface area contributed by atoms with E-state index in [0.717, 1.165) is 25.7 Å². The molecule has 0 bridgehead atoms. The SMILES string of the molecule is CCOCC1CC(C)CN1. The topological polar surface area (TPSA) is 21.3 Å². The zero-order chi connectivity index (χ0) is 7.40. The smallest absolute Gasteiger partial charge is 0.0619 e. The minimum Gasteiger partial charge on any atom is -0.380 e. The maximum atomic E-state index is 5.30. The van der Waals surface area contributed by atoms with Crippen molar-refractivity contribution in [2.24, 2.45) is 5.92 Å². The first-order chi connectivity index (χ1) is 4.83. The van der Waals surface area contributed by atoms with Crippen molar-refractivity contribution in [3.63, 3.8) is 0 Å². The predicted molar refractivity (Wildman–Crippen MR) is 42.1 cm³/mol. The summed E-state index contributed by atoms with van der Waals surface area (Å²) in [6, 6.07) is 0.620. The van der Waals surface area contributed by atoms with Gasteiger partial charge in [0, 0.05) is 12.6 Å². The summed E-state index contributed by atoms with van der Waals surface area (Å²) in [5.41, 5.74) is 0. The van der Waals surface area contributed by atoms with Gasteiger partial charge in [-0.05, 0) is 25.8 Å². The van der Waals surface area contributed by atoms with E-state index in [1.807, 2.05) is 6.92 Å². The van der Waals surface area contributed by atoms with Gasteiger partial charge in [0.25, 0.3) is 0 Å². The third-order valence-electron chi connectivity index (χ3n) is 1.97. The second kappa shape index (κ2) is 3.94. The molecule has 1 N–H and O–H groups in total. The van der Waals surface area contributed by atoms with Crippen molar-refractivity contribution in [2.75, 3.05) is 19.8 Å². The van der Waals surface area contributed by atoms with Crippen molar-refractivity contribution in [1.29, 1.82) is 0 Å². The zero-order valence-corrected chi connectivity index (χ0v) is 6.89. The summed E-state index contributed by atoms with van der Waals surface area (Å²) in [6.07, 6.45) is 1.28. The van der Waals surface area contributed by atoms with Gasteiger partial charge in [-0.2, -0.15) is 0 Å². The van der Waals surface area contributed by atoms with Crippen LogP contribution >= 0.6 is 0 Å². The number of rotatable bonds is 3. The van der Waals surface area contributed by atoms with Crippen molar-refractivity contribution in [1.82, 2.24) is 5.32 Å². The summed E-state index contributed by atoms with van der Waals surface area (Å²) >= 11 is 0. The van der Waals surface area contributed by atoms with Gasteiger partial charge in [-0.15, -0.1) is 0 Å². The summed E-state index contributed by atoms with van der Waals surface area (Å²) in [7, 11) is 0. The van der Waals surface area contributed by atoms with Crippen molar-refractivity contribution in [3.05, 3.63) is 0 Å². The average Bonchev–Trinajstić information content (AvgIpc) is 2.31. The van der Waals surface area contributed by atoms with Crippen LogP contribution in [0.15, 0.2) is 0 Å². The van der Waals surface area contributed by atoms with Gasteiger partial charge in [-0.1, -0.05) is 6.92 Å². The molecule has 1 heterocycles. The van der Waals surface area contributed by atoms with E-state index >= 15 is 0 Å². The maximum absolute atomic E-state index is 5.30. The minimum absolute atomic E-state index is 0.620. The van der Waals surface area contributed by atoms with Crippen molar-refractivity contribution in [3.8, 4) is 0 Å². The van der Waals surface area contributed by atoms with Crippen LogP contribution in [0.5, 0.6) is 0 Å². The lowest BCUT2D eigenvalue weighted by molar-refractivity contribution is 0.127. The van der Waals surface area contributed by atoms with Crippen LogP contribution in [-0.2, 0) is 4.74 Å². The molecule has 60 valence electrons. The molecule has 1 fully saturated rings. The molecule has 0 spiro atoms. The highest BCUT2D eigenvalue weighted by atomic mass is 16.5. The lowest BCUT2D eigenvalue weighted by atomic mass is 10.1. The molecule has 1 aliphatic rings. The fourth-order valence-electron chi connectivity index (χ4n) is 1.41. The Labute approximate surface area is 63.0 Å². The Bertz CT molecular complexity index is 95.3. The molecule has 0 aromatic heterocycles. The molecule has 2 heteroatoms. The van der Waals surface area contributed by atoms with Crippen molar-refractivity contribution in [2.45, 2.75) is 26.3 Å². The molecule has 0 aliphatic carbocycles. The molecular formula is C8H17NO. The first kappa shape index (κ1) is 8.02. The molecule has 0 saturated carbocycles. The summed E-state index contributed by atoms with van der Waals surface area (Å²) in [5.74, 6) is 0.838. The molecule has 0 aromatic carbocycles. The van der Waals surface area contributed by atoms with E-state index in [1.54, 1.807) is 0 Å². The fraction of sp³-hybridized carbons (Fsp3) is 1.00. The monoisotopic (exact) mass is 143 g/mol. The molecule has 2 nitrogen and oxygen atoms in total. The van der Waals surface area contributed by atoms with Gasteiger partial charge in [-0.3, -0.25) is 0 Å². The Kier molecular flexibility index (Phi) is 3.16. The number of hydrogen-bond acceptors (Lipinski definition) is 2. The summed E-state index contributed by atoms with van der Waals surface area (Å²) < 4.78 is 5.30. The van der Waals surface area contributed by atoms with Gasteiger partial charge in [0.15, 0.2) is 0 Å². The van der Waals surface area contributed by atoms with E-state index < -0.39 is 0 Å². The highest BCUT2D eigenvalue weighted by Gasteiger charge is 2.19. The summed E-state index contributed by atoms with van der Waals surface area (Å²) in [5, 5.41) is 3.42. The second-order valence-corrected chi connectivity index (χ2v) is 3.11. The van der Waals surface area contributed by atoms with Crippen LogP contribution in [0.4, 0.5) is 0 Å². The van der Waals surface area contributed by atoms with Gasteiger partial charge in [0.1, 0.15) is 0 Å². The molecule has 0 radical (unpaired) electrons. The largest absolute Gasteiger partial charge is 0.380 e. The van der Waals surface area contributed by atoms with Crippen LogP contribution < -0.4 is 5.32 Å². The Hall–Kier alpha value is -0.0800. The van der Waals surface area contributed by atoms with Gasteiger partial charge in [0.05, 0.1) is 6.61 Å². The molecule has 10 heavy (non-hydrogen) atoms. The van der Waals surface area contributed by atoms with E-state index in [0.29, 0.717) is 6.04 Å². The standard InChI is InChI=1S/C8H17NO/c1-3-10-6-8-4-7(2)5-9-8/h7-9H,3-6H2,1-2H3. The molecule has 1 saturated heterocycles. The van der Waals surface area contributed by atoms with Crippen LogP contribution in [0, 0.1) is 5.92 Å². The van der Waals surface area contributed by atoms with Gasteiger partial charge >= 0.3 is 0 Å². The first-order valence-electron chi connectivity index (χ1n) is 4.14. The number of ether oxygens (including phenoxy) is 1. The first-order valence-corrected chi connectivity index (χ1v) is 4.14. The summed E-state index contributed by atoms with van der Waals surface area (Å²) in [4.78, 5) is 0. The quantitative estimate of drug-likeness (QED) is 0.637. The zero-order valence-electron chi connectivity index (χ0n) is 6.89. The van der Waals surface area contributed by atoms with E-state index in [2.05, 4.69) is 12.2 Å². The van der Waals surface area contributed by atoms with E-state index in [1.165, 1.54) is 6.42 Å². The third kappa shape index (κ3) is 2.27. The molecule has 0 amide bonds. The van der Waals surface area contributed by atoms with Crippen LogP contribution in [-0.4, -0.2) is 25.8 Å². The van der Waals surface area contributed by atoms with Gasteiger partial charge < -0.3 is 10.1 Å². The van der Waals surface area contributed by atoms with Crippen molar-refractivity contribution >= 4 is 0 Å². The lowest BCUT2D eigenvalue weighted by Crippen LogP contribution is -2.26. The van der Waals surface area contributed by atoms with Crippen molar-refractivity contribution < 1.29 is 4.74 Å². The normalized spacial score (nSPS) is 33.0. The second-order valence-electron chi connectivity index (χ2n) is 3.11. The van der Waals surface area contributed by atoms with E-state index in [-0.39, 0.29) is 0 Å². The van der Waals surface area contributed by atoms with Crippen LogP contribution in [0.1, 0.15) is 20.3 Å². The Balaban J connectivity index is 2.06. The average molecular weight is 143 g/mol.